The molecule has 1 heterocycles. The van der Waals surface area contributed by atoms with Crippen LogP contribution in [-0.4, -0.2) is 21.3 Å². The third kappa shape index (κ3) is 4.83. The van der Waals surface area contributed by atoms with E-state index in [4.69, 9.17) is 17.3 Å². The lowest BCUT2D eigenvalue weighted by molar-refractivity contribution is 0.439. The molecule has 114 valence electrons. The molecule has 0 aliphatic carbocycles. The third-order valence-corrected chi connectivity index (χ3v) is 3.73. The van der Waals surface area contributed by atoms with Gasteiger partial charge in [-0.25, -0.2) is 9.67 Å². The Hall–Kier alpha value is -1.39. The summed E-state index contributed by atoms with van der Waals surface area (Å²) in [6.07, 6.45) is 3.42. The fourth-order valence-electron chi connectivity index (χ4n) is 2.40. The van der Waals surface area contributed by atoms with Crippen LogP contribution in [0, 0.1) is 11.8 Å². The maximum absolute atomic E-state index is 5.93. The smallest absolute Gasteiger partial charge is 0.138 e. The topological polar surface area (TPSA) is 56.7 Å². The van der Waals surface area contributed by atoms with Gasteiger partial charge < -0.3 is 5.73 Å². The molecule has 0 bridgehead atoms. The average molecular weight is 307 g/mol. The van der Waals surface area contributed by atoms with Crippen LogP contribution in [0.3, 0.4) is 0 Å². The van der Waals surface area contributed by atoms with Crippen LogP contribution in [0.5, 0.6) is 0 Å². The van der Waals surface area contributed by atoms with Crippen LogP contribution in [0.4, 0.5) is 0 Å². The molecule has 1 unspecified atom stereocenters. The Morgan fingerprint density at radius 3 is 2.52 bits per heavy atom. The molecule has 21 heavy (non-hydrogen) atoms. The minimum absolute atomic E-state index is 0.362. The second-order valence-electron chi connectivity index (χ2n) is 5.89. The average Bonchev–Trinajstić information content (AvgIpc) is 2.87. The summed E-state index contributed by atoms with van der Waals surface area (Å²) >= 11 is 5.92. The van der Waals surface area contributed by atoms with Crippen molar-refractivity contribution in [3.05, 3.63) is 47.0 Å². The van der Waals surface area contributed by atoms with Gasteiger partial charge in [-0.05, 0) is 42.5 Å². The largest absolute Gasteiger partial charge is 0.330 e. The quantitative estimate of drug-likeness (QED) is 0.855. The zero-order valence-corrected chi connectivity index (χ0v) is 13.4. The fraction of sp³-hybridized carbons (Fsp3) is 0.500. The highest BCUT2D eigenvalue weighted by Crippen LogP contribution is 2.16. The predicted molar refractivity (Wildman–Crippen MR) is 86.3 cm³/mol. The molecule has 1 aromatic carbocycles. The SMILES string of the molecule is CC(C)Cn1ncnc1CC(CN)Cc1ccc(Cl)cc1. The predicted octanol–water partition coefficient (Wildman–Crippen LogP) is 2.95. The van der Waals surface area contributed by atoms with Gasteiger partial charge in [-0.3, -0.25) is 0 Å². The van der Waals surface area contributed by atoms with Crippen molar-refractivity contribution in [3.8, 4) is 0 Å². The first kappa shape index (κ1) is 16.0. The maximum Gasteiger partial charge on any atom is 0.138 e. The first-order chi connectivity index (χ1) is 10.1. The van der Waals surface area contributed by atoms with E-state index in [2.05, 4.69) is 36.1 Å². The van der Waals surface area contributed by atoms with Crippen LogP contribution < -0.4 is 5.73 Å². The van der Waals surface area contributed by atoms with Gasteiger partial charge in [-0.1, -0.05) is 37.6 Å². The van der Waals surface area contributed by atoms with Crippen molar-refractivity contribution in [3.63, 3.8) is 0 Å². The highest BCUT2D eigenvalue weighted by atomic mass is 35.5. The second kappa shape index (κ2) is 7.57. The lowest BCUT2D eigenvalue weighted by Gasteiger charge is -2.16. The number of halogens is 1. The van der Waals surface area contributed by atoms with E-state index in [0.717, 1.165) is 30.2 Å². The van der Waals surface area contributed by atoms with E-state index >= 15 is 0 Å². The van der Waals surface area contributed by atoms with Crippen molar-refractivity contribution in [2.45, 2.75) is 33.2 Å². The molecule has 0 fully saturated rings. The van der Waals surface area contributed by atoms with Gasteiger partial charge >= 0.3 is 0 Å². The molecular formula is C16H23ClN4. The monoisotopic (exact) mass is 306 g/mol. The summed E-state index contributed by atoms with van der Waals surface area (Å²) in [5.41, 5.74) is 7.19. The van der Waals surface area contributed by atoms with Crippen LogP contribution in [0.25, 0.3) is 0 Å². The van der Waals surface area contributed by atoms with Gasteiger partial charge in [0.1, 0.15) is 12.2 Å². The number of benzene rings is 1. The number of hydrogen-bond donors (Lipinski definition) is 1. The van der Waals surface area contributed by atoms with Gasteiger partial charge in [-0.15, -0.1) is 0 Å². The van der Waals surface area contributed by atoms with Crippen LogP contribution in [0.15, 0.2) is 30.6 Å². The van der Waals surface area contributed by atoms with Crippen molar-refractivity contribution in [1.82, 2.24) is 14.8 Å². The number of aromatic nitrogens is 3. The van der Waals surface area contributed by atoms with Crippen LogP contribution in [-0.2, 0) is 19.4 Å². The zero-order valence-electron chi connectivity index (χ0n) is 12.7. The van der Waals surface area contributed by atoms with Gasteiger partial charge in [0.25, 0.3) is 0 Å². The highest BCUT2D eigenvalue weighted by Gasteiger charge is 2.14. The summed E-state index contributed by atoms with van der Waals surface area (Å²) in [4.78, 5) is 4.39. The maximum atomic E-state index is 5.93. The molecule has 0 radical (unpaired) electrons. The lowest BCUT2D eigenvalue weighted by atomic mass is 9.96. The first-order valence-electron chi connectivity index (χ1n) is 7.39. The summed E-state index contributed by atoms with van der Waals surface area (Å²) in [5.74, 6) is 1.94. The molecule has 2 rings (SSSR count). The first-order valence-corrected chi connectivity index (χ1v) is 7.77. The molecule has 1 aromatic heterocycles. The van der Waals surface area contributed by atoms with Crippen LogP contribution in [0.1, 0.15) is 25.2 Å². The van der Waals surface area contributed by atoms with E-state index in [1.54, 1.807) is 6.33 Å². The normalized spacial score (nSPS) is 12.8. The van der Waals surface area contributed by atoms with E-state index in [9.17, 15) is 0 Å². The Morgan fingerprint density at radius 1 is 1.19 bits per heavy atom. The van der Waals surface area contributed by atoms with E-state index in [1.807, 2.05) is 16.8 Å². The lowest BCUT2D eigenvalue weighted by Crippen LogP contribution is -2.22. The van der Waals surface area contributed by atoms with Gasteiger partial charge in [0, 0.05) is 18.0 Å². The van der Waals surface area contributed by atoms with E-state index in [-0.39, 0.29) is 0 Å². The molecule has 0 spiro atoms. The molecule has 1 atom stereocenters. The standard InChI is InChI=1S/C16H23ClN4/c1-12(2)10-21-16(19-11-20-21)8-14(9-18)7-13-3-5-15(17)6-4-13/h3-6,11-12,14H,7-10,18H2,1-2H3. The number of nitrogens with zero attached hydrogens (tertiary/aromatic N) is 3. The Labute approximate surface area is 131 Å². The fourth-order valence-corrected chi connectivity index (χ4v) is 2.52. The molecule has 0 aliphatic rings. The van der Waals surface area contributed by atoms with Gasteiger partial charge in [0.2, 0.25) is 0 Å². The minimum atomic E-state index is 0.362. The molecule has 2 N–H and O–H groups in total. The van der Waals surface area contributed by atoms with Gasteiger partial charge in [-0.2, -0.15) is 5.10 Å². The number of rotatable bonds is 7. The van der Waals surface area contributed by atoms with Crippen molar-refractivity contribution in [2.75, 3.05) is 6.54 Å². The Kier molecular flexibility index (Phi) is 5.76. The molecule has 2 aromatic rings. The summed E-state index contributed by atoms with van der Waals surface area (Å²) in [6, 6.07) is 7.96. The van der Waals surface area contributed by atoms with Gasteiger partial charge in [0.15, 0.2) is 0 Å². The molecule has 0 amide bonds. The van der Waals surface area contributed by atoms with Crippen LogP contribution >= 0.6 is 11.6 Å². The summed E-state index contributed by atoms with van der Waals surface area (Å²) < 4.78 is 2.00. The van der Waals surface area contributed by atoms with Crippen molar-refractivity contribution in [2.24, 2.45) is 17.6 Å². The molecule has 5 heteroatoms. The zero-order chi connectivity index (χ0) is 15.2. The summed E-state index contributed by atoms with van der Waals surface area (Å²) in [5, 5.41) is 5.07. The molecule has 0 saturated carbocycles. The van der Waals surface area contributed by atoms with E-state index in [0.29, 0.717) is 18.4 Å². The molecule has 0 aliphatic heterocycles. The molecular weight excluding hydrogens is 284 g/mol. The van der Waals surface area contributed by atoms with Gasteiger partial charge in [0.05, 0.1) is 0 Å². The molecule has 4 nitrogen and oxygen atoms in total. The third-order valence-electron chi connectivity index (χ3n) is 3.48. The van der Waals surface area contributed by atoms with Crippen LogP contribution in [0.2, 0.25) is 5.02 Å². The second-order valence-corrected chi connectivity index (χ2v) is 6.33. The van der Waals surface area contributed by atoms with E-state index < -0.39 is 0 Å². The van der Waals surface area contributed by atoms with Crippen molar-refractivity contribution < 1.29 is 0 Å². The van der Waals surface area contributed by atoms with Crippen molar-refractivity contribution in [1.29, 1.82) is 0 Å². The number of nitrogens with two attached hydrogens (primary N) is 1. The van der Waals surface area contributed by atoms with Crippen molar-refractivity contribution >= 4 is 11.6 Å². The summed E-state index contributed by atoms with van der Waals surface area (Å²) in [6.45, 7) is 5.89. The Balaban J connectivity index is 2.02. The summed E-state index contributed by atoms with van der Waals surface area (Å²) in [7, 11) is 0. The Morgan fingerprint density at radius 2 is 1.90 bits per heavy atom. The Bertz CT molecular complexity index is 548. The highest BCUT2D eigenvalue weighted by molar-refractivity contribution is 6.30. The molecule has 0 saturated heterocycles. The number of hydrogen-bond acceptors (Lipinski definition) is 3. The minimum Gasteiger partial charge on any atom is -0.330 e. The van der Waals surface area contributed by atoms with E-state index in [1.165, 1.54) is 5.56 Å².